The minimum absolute atomic E-state index is 0.522. The summed E-state index contributed by atoms with van der Waals surface area (Å²) in [5, 5.41) is 12.3. The second kappa shape index (κ2) is 4.58. The van der Waals surface area contributed by atoms with Gasteiger partial charge in [0.05, 0.1) is 6.54 Å². The Balaban J connectivity index is 1.74. The van der Waals surface area contributed by atoms with Crippen LogP contribution >= 0.6 is 11.3 Å². The van der Waals surface area contributed by atoms with Gasteiger partial charge >= 0.3 is 0 Å². The van der Waals surface area contributed by atoms with Gasteiger partial charge in [0, 0.05) is 13.0 Å². The Hall–Kier alpha value is -1.20. The number of aromatic nitrogens is 2. The molecule has 1 aliphatic heterocycles. The van der Waals surface area contributed by atoms with E-state index < -0.39 is 0 Å². The van der Waals surface area contributed by atoms with Crippen molar-refractivity contribution in [2.75, 3.05) is 6.54 Å². The van der Waals surface area contributed by atoms with Crippen molar-refractivity contribution in [3.8, 4) is 0 Å². The Labute approximate surface area is 104 Å². The molecule has 0 unspecified atom stereocenters. The maximum atomic E-state index is 5.45. The van der Waals surface area contributed by atoms with Crippen LogP contribution in [0, 0.1) is 6.92 Å². The van der Waals surface area contributed by atoms with Gasteiger partial charge < -0.3 is 4.42 Å². The molecule has 2 aromatic heterocycles. The Kier molecular flexibility index (Phi) is 2.94. The highest BCUT2D eigenvalue weighted by Crippen LogP contribution is 2.33. The third-order valence-electron chi connectivity index (χ3n) is 3.20. The van der Waals surface area contributed by atoms with E-state index in [1.165, 1.54) is 18.4 Å². The molecule has 1 atom stereocenters. The molecule has 5 heteroatoms. The molecule has 17 heavy (non-hydrogen) atoms. The molecule has 3 heterocycles. The van der Waals surface area contributed by atoms with Crippen molar-refractivity contribution in [3.05, 3.63) is 34.2 Å². The zero-order chi connectivity index (χ0) is 11.7. The first-order chi connectivity index (χ1) is 8.33. The largest absolute Gasteiger partial charge is 0.424 e. The van der Waals surface area contributed by atoms with Crippen LogP contribution in [0.3, 0.4) is 0 Å². The van der Waals surface area contributed by atoms with Crippen molar-refractivity contribution in [1.82, 2.24) is 15.1 Å². The Morgan fingerprint density at radius 3 is 3.18 bits per heavy atom. The monoisotopic (exact) mass is 249 g/mol. The predicted octanol–water partition coefficient (Wildman–Crippen LogP) is 2.78. The Bertz CT molecular complexity index is 480. The molecule has 0 N–H and O–H groups in total. The van der Waals surface area contributed by atoms with Crippen molar-refractivity contribution < 1.29 is 4.42 Å². The first kappa shape index (κ1) is 10.9. The van der Waals surface area contributed by atoms with Gasteiger partial charge in [0.25, 0.3) is 0 Å². The second-order valence-electron chi connectivity index (χ2n) is 4.40. The number of rotatable bonds is 3. The van der Waals surface area contributed by atoms with Gasteiger partial charge in [-0.25, -0.2) is 0 Å². The SMILES string of the molecule is Cc1nnc(CN2CCC[C@H]2c2ccsc2)o1. The summed E-state index contributed by atoms with van der Waals surface area (Å²) in [6.07, 6.45) is 2.47. The molecule has 0 spiro atoms. The molecule has 0 radical (unpaired) electrons. The third kappa shape index (κ3) is 2.25. The fourth-order valence-electron chi connectivity index (χ4n) is 2.43. The van der Waals surface area contributed by atoms with Crippen LogP contribution in [0.25, 0.3) is 0 Å². The van der Waals surface area contributed by atoms with Gasteiger partial charge in [0.1, 0.15) is 0 Å². The molecule has 90 valence electrons. The number of likely N-dealkylation sites (tertiary alicyclic amines) is 1. The second-order valence-corrected chi connectivity index (χ2v) is 5.18. The zero-order valence-corrected chi connectivity index (χ0v) is 10.6. The van der Waals surface area contributed by atoms with E-state index in [2.05, 4.69) is 31.9 Å². The van der Waals surface area contributed by atoms with Gasteiger partial charge in [-0.1, -0.05) is 0 Å². The molecular formula is C12H15N3OS. The lowest BCUT2D eigenvalue weighted by Gasteiger charge is -2.21. The minimum Gasteiger partial charge on any atom is -0.424 e. The van der Waals surface area contributed by atoms with Crippen LogP contribution < -0.4 is 0 Å². The molecule has 1 saturated heterocycles. The first-order valence-electron chi connectivity index (χ1n) is 5.88. The van der Waals surface area contributed by atoms with E-state index >= 15 is 0 Å². The highest BCUT2D eigenvalue weighted by atomic mass is 32.1. The number of aryl methyl sites for hydroxylation is 1. The fourth-order valence-corrected chi connectivity index (χ4v) is 3.14. The van der Waals surface area contributed by atoms with Crippen molar-refractivity contribution in [2.45, 2.75) is 32.4 Å². The van der Waals surface area contributed by atoms with E-state index in [1.54, 1.807) is 11.3 Å². The lowest BCUT2D eigenvalue weighted by molar-refractivity contribution is 0.222. The van der Waals surface area contributed by atoms with Crippen LogP contribution in [-0.2, 0) is 6.54 Å². The van der Waals surface area contributed by atoms with Crippen molar-refractivity contribution >= 4 is 11.3 Å². The number of nitrogens with zero attached hydrogens (tertiary/aromatic N) is 3. The molecule has 1 fully saturated rings. The standard InChI is InChI=1S/C12H15N3OS/c1-9-13-14-12(16-9)7-15-5-2-3-11(15)10-4-6-17-8-10/h4,6,8,11H,2-3,5,7H2,1H3/t11-/m0/s1. The maximum absolute atomic E-state index is 5.45. The first-order valence-corrected chi connectivity index (χ1v) is 6.82. The van der Waals surface area contributed by atoms with Crippen molar-refractivity contribution in [3.63, 3.8) is 0 Å². The van der Waals surface area contributed by atoms with Gasteiger partial charge in [-0.05, 0) is 41.8 Å². The molecule has 2 aromatic rings. The van der Waals surface area contributed by atoms with Crippen LogP contribution in [0.15, 0.2) is 21.2 Å². The molecule has 1 aliphatic rings. The van der Waals surface area contributed by atoms with E-state index in [4.69, 9.17) is 4.42 Å². The average Bonchev–Trinajstić information content (AvgIpc) is 3.00. The highest BCUT2D eigenvalue weighted by molar-refractivity contribution is 7.07. The smallest absolute Gasteiger partial charge is 0.230 e. The van der Waals surface area contributed by atoms with Crippen molar-refractivity contribution in [1.29, 1.82) is 0 Å². The summed E-state index contributed by atoms with van der Waals surface area (Å²) in [5.74, 6) is 1.37. The lowest BCUT2D eigenvalue weighted by atomic mass is 10.1. The van der Waals surface area contributed by atoms with Crippen molar-refractivity contribution in [2.24, 2.45) is 0 Å². The molecule has 0 saturated carbocycles. The van der Waals surface area contributed by atoms with E-state index in [9.17, 15) is 0 Å². The van der Waals surface area contributed by atoms with Gasteiger partial charge in [-0.3, -0.25) is 4.90 Å². The molecule has 0 bridgehead atoms. The summed E-state index contributed by atoms with van der Waals surface area (Å²) < 4.78 is 5.45. The fraction of sp³-hybridized carbons (Fsp3) is 0.500. The maximum Gasteiger partial charge on any atom is 0.230 e. The Morgan fingerprint density at radius 2 is 2.47 bits per heavy atom. The Morgan fingerprint density at radius 1 is 1.53 bits per heavy atom. The van der Waals surface area contributed by atoms with Gasteiger partial charge in [0.2, 0.25) is 11.8 Å². The number of thiophene rings is 1. The lowest BCUT2D eigenvalue weighted by Crippen LogP contribution is -2.22. The number of hydrogen-bond acceptors (Lipinski definition) is 5. The molecule has 4 nitrogen and oxygen atoms in total. The average molecular weight is 249 g/mol. The van der Waals surface area contributed by atoms with Gasteiger partial charge in [0.15, 0.2) is 0 Å². The van der Waals surface area contributed by atoms with E-state index in [0.717, 1.165) is 19.0 Å². The quantitative estimate of drug-likeness (QED) is 0.839. The molecular weight excluding hydrogens is 234 g/mol. The molecule has 0 aliphatic carbocycles. The van der Waals surface area contributed by atoms with Crippen LogP contribution in [0.4, 0.5) is 0 Å². The minimum atomic E-state index is 0.522. The van der Waals surface area contributed by atoms with Crippen LogP contribution in [-0.4, -0.2) is 21.6 Å². The summed E-state index contributed by atoms with van der Waals surface area (Å²) in [6.45, 7) is 3.71. The normalized spacial score (nSPS) is 21.1. The zero-order valence-electron chi connectivity index (χ0n) is 9.80. The van der Waals surface area contributed by atoms with E-state index in [1.807, 2.05) is 6.92 Å². The summed E-state index contributed by atoms with van der Waals surface area (Å²) in [5.41, 5.74) is 1.42. The van der Waals surface area contributed by atoms with E-state index in [-0.39, 0.29) is 0 Å². The van der Waals surface area contributed by atoms with Gasteiger partial charge in [-0.15, -0.1) is 10.2 Å². The summed E-state index contributed by atoms with van der Waals surface area (Å²) in [7, 11) is 0. The summed E-state index contributed by atoms with van der Waals surface area (Å²) >= 11 is 1.76. The predicted molar refractivity (Wildman–Crippen MR) is 65.7 cm³/mol. The molecule has 0 aromatic carbocycles. The summed E-state index contributed by atoms with van der Waals surface area (Å²) in [6, 6.07) is 2.74. The van der Waals surface area contributed by atoms with Gasteiger partial charge in [-0.2, -0.15) is 11.3 Å². The van der Waals surface area contributed by atoms with Crippen LogP contribution in [0.1, 0.15) is 36.2 Å². The summed E-state index contributed by atoms with van der Waals surface area (Å²) in [4.78, 5) is 2.43. The molecule has 0 amide bonds. The third-order valence-corrected chi connectivity index (χ3v) is 3.90. The number of hydrogen-bond donors (Lipinski definition) is 0. The topological polar surface area (TPSA) is 42.2 Å². The van der Waals surface area contributed by atoms with E-state index in [0.29, 0.717) is 11.9 Å². The van der Waals surface area contributed by atoms with Crippen LogP contribution in [0.2, 0.25) is 0 Å². The molecule has 3 rings (SSSR count). The highest BCUT2D eigenvalue weighted by Gasteiger charge is 2.27. The van der Waals surface area contributed by atoms with Crippen LogP contribution in [0.5, 0.6) is 0 Å².